The van der Waals surface area contributed by atoms with Crippen molar-refractivity contribution >= 4 is 44.8 Å². The molecule has 2 aromatic rings. The molecule has 0 aliphatic rings. The quantitative estimate of drug-likeness (QED) is 0.523. The highest BCUT2D eigenvalue weighted by atomic mass is 35.5. The fraction of sp³-hybridized carbons (Fsp3) is 0.381. The van der Waals surface area contributed by atoms with E-state index >= 15 is 0 Å². The minimum Gasteiger partial charge on any atom is -0.494 e. The number of aryl methyl sites for hydroxylation is 1. The Morgan fingerprint density at radius 3 is 2.57 bits per heavy atom. The van der Waals surface area contributed by atoms with E-state index in [2.05, 4.69) is 5.32 Å². The van der Waals surface area contributed by atoms with Gasteiger partial charge in [-0.3, -0.25) is 9.10 Å². The van der Waals surface area contributed by atoms with Crippen LogP contribution in [0.3, 0.4) is 0 Å². The highest BCUT2D eigenvalue weighted by molar-refractivity contribution is 7.92. The summed E-state index contributed by atoms with van der Waals surface area (Å²) >= 11 is 12.2. The Balaban J connectivity index is 2.04. The summed E-state index contributed by atoms with van der Waals surface area (Å²) in [5.41, 5.74) is 1.23. The molecule has 30 heavy (non-hydrogen) atoms. The first-order valence-electron chi connectivity index (χ1n) is 9.58. The third-order valence-electron chi connectivity index (χ3n) is 4.43. The van der Waals surface area contributed by atoms with Gasteiger partial charge in [0, 0.05) is 11.6 Å². The van der Waals surface area contributed by atoms with Crippen molar-refractivity contribution in [2.45, 2.75) is 32.7 Å². The van der Waals surface area contributed by atoms with Crippen LogP contribution in [-0.4, -0.2) is 39.8 Å². The minimum absolute atomic E-state index is 0.167. The number of ether oxygens (including phenoxy) is 1. The van der Waals surface area contributed by atoms with E-state index < -0.39 is 22.0 Å². The van der Waals surface area contributed by atoms with E-state index in [1.807, 2.05) is 31.2 Å². The number of anilines is 1. The van der Waals surface area contributed by atoms with Gasteiger partial charge in [0.15, 0.2) is 0 Å². The smallest absolute Gasteiger partial charge is 0.243 e. The van der Waals surface area contributed by atoms with Crippen molar-refractivity contribution in [3.63, 3.8) is 0 Å². The number of sulfonamides is 1. The van der Waals surface area contributed by atoms with Crippen LogP contribution in [-0.2, 0) is 21.2 Å². The molecule has 0 aliphatic heterocycles. The second-order valence-corrected chi connectivity index (χ2v) is 9.47. The molecule has 164 valence electrons. The first-order valence-corrected chi connectivity index (χ1v) is 12.2. The predicted molar refractivity (Wildman–Crippen MR) is 122 cm³/mol. The average Bonchev–Trinajstić information content (AvgIpc) is 2.68. The number of para-hydroxylation sites is 1. The summed E-state index contributed by atoms with van der Waals surface area (Å²) in [5.74, 6) is 0.410. The fourth-order valence-corrected chi connectivity index (χ4v) is 4.68. The zero-order valence-electron chi connectivity index (χ0n) is 17.2. The van der Waals surface area contributed by atoms with E-state index in [1.54, 1.807) is 6.07 Å². The molecule has 0 fully saturated rings. The SMILES string of the molecule is CCOc1ccccc1CCCNC(=O)C(C)N(c1cc(Cl)ccc1Cl)S(C)(=O)=O. The first kappa shape index (κ1) is 24.3. The van der Waals surface area contributed by atoms with Crippen LogP contribution in [0.25, 0.3) is 0 Å². The Kier molecular flexibility index (Phi) is 8.82. The van der Waals surface area contributed by atoms with Crippen LogP contribution < -0.4 is 14.4 Å². The van der Waals surface area contributed by atoms with Gasteiger partial charge in [0.2, 0.25) is 15.9 Å². The summed E-state index contributed by atoms with van der Waals surface area (Å²) < 4.78 is 31.4. The maximum atomic E-state index is 12.7. The lowest BCUT2D eigenvalue weighted by atomic mass is 10.1. The van der Waals surface area contributed by atoms with Crippen LogP contribution in [0.4, 0.5) is 5.69 Å². The number of rotatable bonds is 10. The summed E-state index contributed by atoms with van der Waals surface area (Å²) in [7, 11) is -3.77. The second kappa shape index (κ2) is 10.9. The summed E-state index contributed by atoms with van der Waals surface area (Å²) in [4.78, 5) is 12.7. The van der Waals surface area contributed by atoms with Gasteiger partial charge in [0.1, 0.15) is 11.8 Å². The van der Waals surface area contributed by atoms with Crippen LogP contribution >= 0.6 is 23.2 Å². The summed E-state index contributed by atoms with van der Waals surface area (Å²) in [6.07, 6.45) is 2.43. The van der Waals surface area contributed by atoms with Gasteiger partial charge in [0.05, 0.1) is 23.6 Å². The van der Waals surface area contributed by atoms with Crippen LogP contribution in [0.15, 0.2) is 42.5 Å². The molecular weight excluding hydrogens is 447 g/mol. The molecule has 1 atom stereocenters. The van der Waals surface area contributed by atoms with Crippen molar-refractivity contribution in [2.24, 2.45) is 0 Å². The molecule has 2 rings (SSSR count). The van der Waals surface area contributed by atoms with Gasteiger partial charge >= 0.3 is 0 Å². The lowest BCUT2D eigenvalue weighted by Crippen LogP contribution is -2.48. The highest BCUT2D eigenvalue weighted by Crippen LogP contribution is 2.32. The van der Waals surface area contributed by atoms with E-state index in [4.69, 9.17) is 27.9 Å². The molecule has 0 aromatic heterocycles. The van der Waals surface area contributed by atoms with Gasteiger partial charge in [-0.25, -0.2) is 8.42 Å². The Bertz CT molecular complexity index is 983. The number of halogens is 2. The Hall–Kier alpha value is -1.96. The third-order valence-corrected chi connectivity index (χ3v) is 6.21. The van der Waals surface area contributed by atoms with Crippen LogP contribution in [0, 0.1) is 0 Å². The van der Waals surface area contributed by atoms with Crippen molar-refractivity contribution in [1.82, 2.24) is 5.32 Å². The lowest BCUT2D eigenvalue weighted by Gasteiger charge is -2.29. The fourth-order valence-electron chi connectivity index (χ4n) is 3.08. The van der Waals surface area contributed by atoms with E-state index in [0.717, 1.165) is 28.3 Å². The van der Waals surface area contributed by atoms with Crippen LogP contribution in [0.1, 0.15) is 25.8 Å². The van der Waals surface area contributed by atoms with Crippen molar-refractivity contribution < 1.29 is 17.9 Å². The summed E-state index contributed by atoms with van der Waals surface area (Å²) in [5, 5.41) is 3.31. The van der Waals surface area contributed by atoms with E-state index in [9.17, 15) is 13.2 Å². The molecule has 0 aliphatic carbocycles. The van der Waals surface area contributed by atoms with Crippen molar-refractivity contribution in [1.29, 1.82) is 0 Å². The van der Waals surface area contributed by atoms with Gasteiger partial charge in [-0.1, -0.05) is 41.4 Å². The Morgan fingerprint density at radius 2 is 1.90 bits per heavy atom. The highest BCUT2D eigenvalue weighted by Gasteiger charge is 2.30. The average molecular weight is 473 g/mol. The van der Waals surface area contributed by atoms with E-state index in [0.29, 0.717) is 24.6 Å². The second-order valence-electron chi connectivity index (χ2n) is 6.77. The van der Waals surface area contributed by atoms with Crippen LogP contribution in [0.5, 0.6) is 5.75 Å². The molecule has 9 heteroatoms. The molecular formula is C21H26Cl2N2O4S. The van der Waals surface area contributed by atoms with Crippen LogP contribution in [0.2, 0.25) is 10.0 Å². The third kappa shape index (κ3) is 6.52. The zero-order valence-corrected chi connectivity index (χ0v) is 19.5. The monoisotopic (exact) mass is 472 g/mol. The van der Waals surface area contributed by atoms with Gasteiger partial charge in [-0.2, -0.15) is 0 Å². The van der Waals surface area contributed by atoms with Crippen molar-refractivity contribution in [3.05, 3.63) is 58.1 Å². The molecule has 0 heterocycles. The molecule has 0 spiro atoms. The predicted octanol–water partition coefficient (Wildman–Crippen LogP) is 4.30. The Labute approximate surface area is 188 Å². The number of amides is 1. The normalized spacial score (nSPS) is 12.3. The molecule has 2 aromatic carbocycles. The molecule has 1 amide bonds. The van der Waals surface area contributed by atoms with Gasteiger partial charge < -0.3 is 10.1 Å². The Morgan fingerprint density at radius 1 is 1.20 bits per heavy atom. The molecule has 6 nitrogen and oxygen atoms in total. The van der Waals surface area contributed by atoms with Gasteiger partial charge in [-0.05, 0) is 56.5 Å². The lowest BCUT2D eigenvalue weighted by molar-refractivity contribution is -0.121. The van der Waals surface area contributed by atoms with Gasteiger partial charge in [0.25, 0.3) is 0 Å². The largest absolute Gasteiger partial charge is 0.494 e. The number of carbonyl (C=O) groups excluding carboxylic acids is 1. The van der Waals surface area contributed by atoms with Gasteiger partial charge in [-0.15, -0.1) is 0 Å². The summed E-state index contributed by atoms with van der Waals surface area (Å²) in [6.45, 7) is 4.42. The number of nitrogens with zero attached hydrogens (tertiary/aromatic N) is 1. The van der Waals surface area contributed by atoms with E-state index in [1.165, 1.54) is 19.1 Å². The number of hydrogen-bond donors (Lipinski definition) is 1. The topological polar surface area (TPSA) is 75.7 Å². The molecule has 0 bridgehead atoms. The maximum absolute atomic E-state index is 12.7. The van der Waals surface area contributed by atoms with E-state index in [-0.39, 0.29) is 10.7 Å². The number of benzene rings is 2. The number of carbonyl (C=O) groups is 1. The first-order chi connectivity index (χ1) is 14.1. The molecule has 1 unspecified atom stereocenters. The molecule has 1 N–H and O–H groups in total. The number of hydrogen-bond acceptors (Lipinski definition) is 4. The standard InChI is InChI=1S/C21H26Cl2N2O4S/c1-4-29-20-10-6-5-8-16(20)9-7-13-24-21(26)15(2)25(30(3,27)28)19-14-17(22)11-12-18(19)23/h5-6,8,10-12,14-15H,4,7,9,13H2,1-3H3,(H,24,26). The minimum atomic E-state index is -3.77. The maximum Gasteiger partial charge on any atom is 0.243 e. The van der Waals surface area contributed by atoms with Crippen molar-refractivity contribution in [3.8, 4) is 5.75 Å². The zero-order chi connectivity index (χ0) is 22.3. The molecule has 0 saturated heterocycles. The van der Waals surface area contributed by atoms with Crippen molar-refractivity contribution in [2.75, 3.05) is 23.7 Å². The number of nitrogens with one attached hydrogen (secondary N) is 1. The molecule has 0 saturated carbocycles. The molecule has 0 radical (unpaired) electrons. The summed E-state index contributed by atoms with van der Waals surface area (Å²) in [6, 6.07) is 11.2.